The molecule has 0 atom stereocenters. The van der Waals surface area contributed by atoms with Gasteiger partial charge < -0.3 is 19.9 Å². The van der Waals surface area contributed by atoms with Gasteiger partial charge in [-0.3, -0.25) is 9.59 Å². The first-order valence-electron chi connectivity index (χ1n) is 9.91. The fourth-order valence-electron chi connectivity index (χ4n) is 3.61. The second-order valence-corrected chi connectivity index (χ2v) is 8.44. The molecule has 0 aliphatic carbocycles. The van der Waals surface area contributed by atoms with Crippen LogP contribution >= 0.6 is 22.6 Å². The van der Waals surface area contributed by atoms with Crippen LogP contribution in [0.1, 0.15) is 6.92 Å². The molecule has 0 spiro atoms. The Hall–Kier alpha value is -2.89. The number of fused-ring (bicyclic) bond motifs is 1. The van der Waals surface area contributed by atoms with Crippen LogP contribution in [0.5, 0.6) is 5.75 Å². The van der Waals surface area contributed by atoms with E-state index in [0.29, 0.717) is 24.6 Å². The summed E-state index contributed by atoms with van der Waals surface area (Å²) in [6, 6.07) is 9.70. The number of halogens is 1. The number of carbonyl (C=O) groups excluding carboxylic acids is 2. The number of aromatic nitrogens is 3. The lowest BCUT2D eigenvalue weighted by Crippen LogP contribution is -2.49. The summed E-state index contributed by atoms with van der Waals surface area (Å²) in [7, 11) is 1.67. The predicted molar refractivity (Wildman–Crippen MR) is 126 cm³/mol. The van der Waals surface area contributed by atoms with E-state index in [4.69, 9.17) is 4.74 Å². The van der Waals surface area contributed by atoms with Gasteiger partial charge in [-0.1, -0.05) is 0 Å². The van der Waals surface area contributed by atoms with Gasteiger partial charge in [-0.05, 0) is 46.9 Å². The predicted octanol–water partition coefficient (Wildman–Crippen LogP) is 2.35. The van der Waals surface area contributed by atoms with Crippen LogP contribution in [0, 0.1) is 3.57 Å². The summed E-state index contributed by atoms with van der Waals surface area (Å²) in [5.41, 5.74) is 1.67. The van der Waals surface area contributed by atoms with Crippen molar-refractivity contribution in [2.24, 2.45) is 0 Å². The van der Waals surface area contributed by atoms with Gasteiger partial charge in [0.05, 0.1) is 16.9 Å². The first-order chi connectivity index (χ1) is 14.9. The van der Waals surface area contributed by atoms with Gasteiger partial charge in [0.2, 0.25) is 11.8 Å². The van der Waals surface area contributed by atoms with E-state index in [1.165, 1.54) is 6.92 Å². The molecule has 10 heteroatoms. The molecular formula is C21H23IN6O3. The van der Waals surface area contributed by atoms with Gasteiger partial charge in [-0.15, -0.1) is 0 Å². The minimum atomic E-state index is -0.197. The molecule has 1 aliphatic rings. The van der Waals surface area contributed by atoms with E-state index in [1.54, 1.807) is 24.1 Å². The number of carbonyl (C=O) groups is 2. The van der Waals surface area contributed by atoms with Crippen LogP contribution in [0.4, 0.5) is 11.5 Å². The van der Waals surface area contributed by atoms with Gasteiger partial charge in [-0.2, -0.15) is 5.10 Å². The topological polar surface area (TPSA) is 92.6 Å². The molecule has 0 saturated carbocycles. The fraction of sp³-hybridized carbons (Fsp3) is 0.333. The molecule has 31 heavy (non-hydrogen) atoms. The first-order valence-corrected chi connectivity index (χ1v) is 11.0. The lowest BCUT2D eigenvalue weighted by molar-refractivity contribution is -0.132. The number of rotatable bonds is 5. The average Bonchev–Trinajstić information content (AvgIpc) is 3.15. The highest BCUT2D eigenvalue weighted by Gasteiger charge is 2.23. The van der Waals surface area contributed by atoms with E-state index in [9.17, 15) is 9.59 Å². The van der Waals surface area contributed by atoms with E-state index in [0.717, 1.165) is 33.5 Å². The third kappa shape index (κ3) is 4.73. The highest BCUT2D eigenvalue weighted by Crippen LogP contribution is 2.27. The third-order valence-electron chi connectivity index (χ3n) is 5.21. The van der Waals surface area contributed by atoms with E-state index in [2.05, 4.69) is 49.0 Å². The molecule has 1 N–H and O–H groups in total. The van der Waals surface area contributed by atoms with Crippen molar-refractivity contribution in [2.45, 2.75) is 13.5 Å². The Bertz CT molecular complexity index is 1120. The number of nitrogens with one attached hydrogen (secondary N) is 1. The van der Waals surface area contributed by atoms with Crippen LogP contribution in [-0.2, 0) is 16.1 Å². The molecule has 2 amide bonds. The van der Waals surface area contributed by atoms with Crippen LogP contribution in [0.15, 0.2) is 36.5 Å². The molecule has 3 aromatic rings. The van der Waals surface area contributed by atoms with Gasteiger partial charge >= 0.3 is 0 Å². The zero-order valence-electron chi connectivity index (χ0n) is 17.3. The minimum absolute atomic E-state index is 0.00318. The number of nitrogens with zero attached hydrogens (tertiary/aromatic N) is 5. The molecule has 0 unspecified atom stereocenters. The Morgan fingerprint density at radius 3 is 2.65 bits per heavy atom. The third-order valence-corrected chi connectivity index (χ3v) is 6.10. The van der Waals surface area contributed by atoms with Gasteiger partial charge in [-0.25, -0.2) is 9.67 Å². The Morgan fingerprint density at radius 2 is 1.94 bits per heavy atom. The summed E-state index contributed by atoms with van der Waals surface area (Å²) in [4.78, 5) is 32.7. The second kappa shape index (κ2) is 9.08. The minimum Gasteiger partial charge on any atom is -0.496 e. The smallest absolute Gasteiger partial charge is 0.244 e. The molecule has 0 bridgehead atoms. The summed E-state index contributed by atoms with van der Waals surface area (Å²) in [5, 5.41) is 7.79. The van der Waals surface area contributed by atoms with Crippen molar-refractivity contribution in [1.82, 2.24) is 19.7 Å². The number of anilines is 2. The molecule has 4 rings (SSSR count). The van der Waals surface area contributed by atoms with Crippen molar-refractivity contribution in [3.63, 3.8) is 0 Å². The van der Waals surface area contributed by atoms with E-state index in [-0.39, 0.29) is 18.4 Å². The fourth-order valence-corrected chi connectivity index (χ4v) is 4.16. The zero-order chi connectivity index (χ0) is 22.0. The quantitative estimate of drug-likeness (QED) is 0.506. The highest BCUT2D eigenvalue weighted by atomic mass is 127. The molecule has 1 aromatic carbocycles. The number of amides is 2. The zero-order valence-corrected chi connectivity index (χ0v) is 19.5. The molecule has 3 heterocycles. The van der Waals surface area contributed by atoms with Crippen LogP contribution in [-0.4, -0.2) is 64.8 Å². The standard InChI is InChI=1S/C21H23IN6O3/c1-14(29)24-19-6-3-15-12-23-28(21(15)25-19)13-20(30)27-9-7-26(8-10-27)16-4-5-17(22)18(11-16)31-2/h3-6,11-12H,7-10,13H2,1-2H3,(H,24,25,29). The Labute approximate surface area is 193 Å². The Kier molecular flexibility index (Phi) is 6.25. The maximum absolute atomic E-state index is 12.9. The van der Waals surface area contributed by atoms with Gasteiger partial charge in [0, 0.05) is 50.2 Å². The maximum atomic E-state index is 12.9. The van der Waals surface area contributed by atoms with E-state index >= 15 is 0 Å². The lowest BCUT2D eigenvalue weighted by atomic mass is 10.2. The number of piperazine rings is 1. The van der Waals surface area contributed by atoms with E-state index < -0.39 is 0 Å². The van der Waals surface area contributed by atoms with Crippen molar-refractivity contribution in [1.29, 1.82) is 0 Å². The number of pyridine rings is 1. The lowest BCUT2D eigenvalue weighted by Gasteiger charge is -2.36. The Morgan fingerprint density at radius 1 is 1.16 bits per heavy atom. The number of benzene rings is 1. The van der Waals surface area contributed by atoms with Gasteiger partial charge in [0.25, 0.3) is 0 Å². The molecule has 9 nitrogen and oxygen atoms in total. The van der Waals surface area contributed by atoms with Gasteiger partial charge in [0.1, 0.15) is 18.1 Å². The summed E-state index contributed by atoms with van der Waals surface area (Å²) in [6.45, 7) is 4.31. The molecule has 1 saturated heterocycles. The average molecular weight is 534 g/mol. The molecule has 162 valence electrons. The van der Waals surface area contributed by atoms with E-state index in [1.807, 2.05) is 23.1 Å². The molecule has 1 aliphatic heterocycles. The van der Waals surface area contributed by atoms with Crippen molar-refractivity contribution >= 4 is 56.9 Å². The van der Waals surface area contributed by atoms with Crippen molar-refractivity contribution in [3.05, 3.63) is 40.1 Å². The summed E-state index contributed by atoms with van der Waals surface area (Å²) in [5.74, 6) is 1.10. The van der Waals surface area contributed by atoms with Crippen LogP contribution in [0.3, 0.4) is 0 Å². The van der Waals surface area contributed by atoms with Crippen molar-refractivity contribution in [2.75, 3.05) is 43.5 Å². The van der Waals surface area contributed by atoms with Crippen LogP contribution in [0.25, 0.3) is 11.0 Å². The number of hydrogen-bond donors (Lipinski definition) is 1. The molecule has 1 fully saturated rings. The second-order valence-electron chi connectivity index (χ2n) is 7.28. The highest BCUT2D eigenvalue weighted by molar-refractivity contribution is 14.1. The van der Waals surface area contributed by atoms with Crippen LogP contribution < -0.4 is 15.0 Å². The molecule has 0 radical (unpaired) electrons. The van der Waals surface area contributed by atoms with Crippen molar-refractivity contribution in [3.8, 4) is 5.75 Å². The summed E-state index contributed by atoms with van der Waals surface area (Å²) >= 11 is 2.25. The monoisotopic (exact) mass is 534 g/mol. The normalized spacial score (nSPS) is 14.0. The number of ether oxygens (including phenoxy) is 1. The number of methoxy groups -OCH3 is 1. The van der Waals surface area contributed by atoms with Gasteiger partial charge in [0.15, 0.2) is 5.65 Å². The summed E-state index contributed by atoms with van der Waals surface area (Å²) < 4.78 is 8.07. The number of hydrogen-bond acceptors (Lipinski definition) is 6. The van der Waals surface area contributed by atoms with Crippen molar-refractivity contribution < 1.29 is 14.3 Å². The Balaban J connectivity index is 1.41. The molecular weight excluding hydrogens is 511 g/mol. The first kappa shape index (κ1) is 21.3. The molecule has 2 aromatic heterocycles. The maximum Gasteiger partial charge on any atom is 0.244 e. The summed E-state index contributed by atoms with van der Waals surface area (Å²) in [6.07, 6.45) is 1.68. The van der Waals surface area contributed by atoms with Crippen LogP contribution in [0.2, 0.25) is 0 Å². The SMILES string of the molecule is COc1cc(N2CCN(C(=O)Cn3ncc4ccc(NC(C)=O)nc43)CC2)ccc1I. The largest absolute Gasteiger partial charge is 0.496 e.